The second kappa shape index (κ2) is 5.68. The van der Waals surface area contributed by atoms with Crippen LogP contribution >= 0.6 is 0 Å². The Morgan fingerprint density at radius 1 is 1.33 bits per heavy atom. The summed E-state index contributed by atoms with van der Waals surface area (Å²) >= 11 is 0. The molecular formula is C12H25NOSi. The van der Waals surface area contributed by atoms with E-state index in [9.17, 15) is 0 Å². The molecule has 0 N–H and O–H groups in total. The van der Waals surface area contributed by atoms with Gasteiger partial charge in [-0.25, -0.2) is 0 Å². The van der Waals surface area contributed by atoms with Crippen molar-refractivity contribution >= 4 is 14.2 Å². The van der Waals surface area contributed by atoms with Crippen LogP contribution in [0.4, 0.5) is 0 Å². The average molecular weight is 227 g/mol. The van der Waals surface area contributed by atoms with Gasteiger partial charge in [-0.2, -0.15) is 0 Å². The fourth-order valence-electron chi connectivity index (χ4n) is 1.73. The summed E-state index contributed by atoms with van der Waals surface area (Å²) in [4.78, 5) is 4.53. The van der Waals surface area contributed by atoms with Crippen LogP contribution in [-0.4, -0.2) is 20.8 Å². The largest absolute Gasteiger partial charge is 0.534 e. The lowest BCUT2D eigenvalue weighted by Gasteiger charge is -2.34. The van der Waals surface area contributed by atoms with Gasteiger partial charge in [-0.05, 0) is 19.5 Å². The van der Waals surface area contributed by atoms with Crippen molar-refractivity contribution in [3.8, 4) is 0 Å². The van der Waals surface area contributed by atoms with Gasteiger partial charge in [0.1, 0.15) is 0 Å². The highest BCUT2D eigenvalue weighted by Gasteiger charge is 2.35. The van der Waals surface area contributed by atoms with E-state index in [1.54, 1.807) is 0 Å². The molecule has 0 radical (unpaired) electrons. The summed E-state index contributed by atoms with van der Waals surface area (Å²) in [7, 11) is -1.46. The van der Waals surface area contributed by atoms with Crippen LogP contribution in [0.5, 0.6) is 0 Å². The molecule has 1 rings (SSSR count). The lowest BCUT2D eigenvalue weighted by Crippen LogP contribution is -2.42. The molecule has 1 unspecified atom stereocenters. The summed E-state index contributed by atoms with van der Waals surface area (Å²) in [6, 6.07) is 0. The van der Waals surface area contributed by atoms with Gasteiger partial charge in [0.2, 0.25) is 0 Å². The monoisotopic (exact) mass is 227 g/mol. The van der Waals surface area contributed by atoms with Gasteiger partial charge in [-0.15, -0.1) is 0 Å². The molecule has 3 heteroatoms. The molecule has 0 fully saturated rings. The molecule has 0 spiro atoms. The first-order chi connectivity index (χ1) is 7.06. The second-order valence-electron chi connectivity index (χ2n) is 5.15. The Labute approximate surface area is 95.3 Å². The van der Waals surface area contributed by atoms with Crippen molar-refractivity contribution in [2.75, 3.05) is 6.54 Å². The van der Waals surface area contributed by atoms with E-state index in [1.165, 1.54) is 25.7 Å². The van der Waals surface area contributed by atoms with E-state index in [4.69, 9.17) is 4.43 Å². The van der Waals surface area contributed by atoms with Gasteiger partial charge < -0.3 is 4.43 Å². The summed E-state index contributed by atoms with van der Waals surface area (Å²) in [5.74, 6) is 1.04. The number of rotatable bonds is 5. The topological polar surface area (TPSA) is 21.6 Å². The minimum Gasteiger partial charge on any atom is -0.534 e. The van der Waals surface area contributed by atoms with E-state index in [0.29, 0.717) is 5.54 Å². The lowest BCUT2D eigenvalue weighted by molar-refractivity contribution is 0.473. The van der Waals surface area contributed by atoms with Gasteiger partial charge in [-0.3, -0.25) is 4.99 Å². The summed E-state index contributed by atoms with van der Waals surface area (Å²) in [5.41, 5.74) is 0.664. The molecule has 1 atom stereocenters. The van der Waals surface area contributed by atoms with Gasteiger partial charge >= 0.3 is 0 Å². The molecule has 15 heavy (non-hydrogen) atoms. The predicted molar refractivity (Wildman–Crippen MR) is 69.1 cm³/mol. The van der Waals surface area contributed by atoms with Crippen molar-refractivity contribution in [3.63, 3.8) is 0 Å². The van der Waals surface area contributed by atoms with Gasteiger partial charge in [-0.1, -0.05) is 33.1 Å². The molecule has 2 nitrogen and oxygen atoms in total. The maximum atomic E-state index is 6.06. The minimum atomic E-state index is -1.46. The van der Waals surface area contributed by atoms with Crippen molar-refractivity contribution < 1.29 is 4.43 Å². The van der Waals surface area contributed by atoms with E-state index >= 15 is 0 Å². The van der Waals surface area contributed by atoms with Crippen molar-refractivity contribution in [3.05, 3.63) is 0 Å². The van der Waals surface area contributed by atoms with Crippen molar-refractivity contribution in [1.29, 1.82) is 0 Å². The van der Waals surface area contributed by atoms with Crippen LogP contribution in [0.3, 0.4) is 0 Å². The third-order valence-corrected chi connectivity index (χ3v) is 6.67. The van der Waals surface area contributed by atoms with E-state index in [1.807, 2.05) is 0 Å². The Morgan fingerprint density at radius 3 is 2.67 bits per heavy atom. The summed E-state index contributed by atoms with van der Waals surface area (Å²) in [6.45, 7) is 10.1. The van der Waals surface area contributed by atoms with E-state index < -0.39 is 8.32 Å². The number of nitrogens with zero attached hydrogens (tertiary/aromatic N) is 1. The van der Waals surface area contributed by atoms with Crippen LogP contribution in [0.1, 0.15) is 46.0 Å². The first kappa shape index (κ1) is 12.8. The van der Waals surface area contributed by atoms with E-state index in [0.717, 1.165) is 18.9 Å². The zero-order valence-electron chi connectivity index (χ0n) is 10.7. The van der Waals surface area contributed by atoms with E-state index in [-0.39, 0.29) is 0 Å². The third kappa shape index (κ3) is 3.97. The fraction of sp³-hybridized carbons (Fsp3) is 0.917. The average Bonchev–Trinajstić information content (AvgIpc) is 2.18. The van der Waals surface area contributed by atoms with Gasteiger partial charge in [0, 0.05) is 18.5 Å². The Kier molecular flexibility index (Phi) is 4.83. The molecule has 0 aromatic carbocycles. The third-order valence-electron chi connectivity index (χ3n) is 3.35. The predicted octanol–water partition coefficient (Wildman–Crippen LogP) is 3.98. The van der Waals surface area contributed by atoms with Crippen LogP contribution in [0.2, 0.25) is 18.6 Å². The van der Waals surface area contributed by atoms with Crippen LogP contribution in [-0.2, 0) is 4.43 Å². The molecule has 0 saturated heterocycles. The highest BCUT2D eigenvalue weighted by molar-refractivity contribution is 6.74. The minimum absolute atomic E-state index is 0.664. The number of hydrogen-bond donors (Lipinski definition) is 0. The summed E-state index contributed by atoms with van der Waals surface area (Å²) in [5, 5.41) is 0. The van der Waals surface area contributed by atoms with Gasteiger partial charge in [0.15, 0.2) is 5.90 Å². The normalized spacial score (nSPS) is 24.5. The van der Waals surface area contributed by atoms with Crippen LogP contribution < -0.4 is 0 Å². The fourth-order valence-corrected chi connectivity index (χ4v) is 3.23. The van der Waals surface area contributed by atoms with Gasteiger partial charge in [0.05, 0.1) is 0 Å². The maximum absolute atomic E-state index is 6.06. The molecule has 1 aliphatic rings. The van der Waals surface area contributed by atoms with Gasteiger partial charge in [0.25, 0.3) is 8.32 Å². The zero-order valence-corrected chi connectivity index (χ0v) is 11.7. The Bertz CT molecular complexity index is 226. The molecule has 0 bridgehead atoms. The molecule has 0 amide bonds. The van der Waals surface area contributed by atoms with Crippen molar-refractivity contribution in [2.45, 2.75) is 64.6 Å². The highest BCUT2D eigenvalue weighted by Crippen LogP contribution is 2.27. The quantitative estimate of drug-likeness (QED) is 0.514. The van der Waals surface area contributed by atoms with Crippen molar-refractivity contribution in [2.24, 2.45) is 4.99 Å². The number of aliphatic imine (C=N–C) groups is 1. The first-order valence-corrected chi connectivity index (χ1v) is 9.27. The Balaban J connectivity index is 2.31. The van der Waals surface area contributed by atoms with E-state index in [2.05, 4.69) is 31.9 Å². The van der Waals surface area contributed by atoms with Crippen LogP contribution in [0.15, 0.2) is 4.99 Å². The van der Waals surface area contributed by atoms with Crippen molar-refractivity contribution in [1.82, 2.24) is 0 Å². The molecule has 0 aromatic rings. The summed E-state index contributed by atoms with van der Waals surface area (Å²) in [6.07, 6.45) is 6.25. The first-order valence-electron chi connectivity index (χ1n) is 6.28. The molecule has 0 saturated carbocycles. The Hall–Kier alpha value is -0.313. The molecular weight excluding hydrogens is 202 g/mol. The lowest BCUT2D eigenvalue weighted by atomic mass is 10.1. The second-order valence-corrected chi connectivity index (χ2v) is 9.55. The summed E-state index contributed by atoms with van der Waals surface area (Å²) < 4.78 is 6.06. The van der Waals surface area contributed by atoms with Crippen LogP contribution in [0.25, 0.3) is 0 Å². The SMILES string of the molecule is CCCCCCC1=NCC(C)[Si](C)(C)O1. The maximum Gasteiger partial charge on any atom is 0.251 e. The van der Waals surface area contributed by atoms with Crippen LogP contribution in [0, 0.1) is 0 Å². The molecule has 88 valence electrons. The standard InChI is InChI=1S/C12H25NOSi/c1-5-6-7-8-9-12-13-10-11(2)15(3,4)14-12/h11H,5-10H2,1-4H3. The number of hydrogen-bond acceptors (Lipinski definition) is 2. The highest BCUT2D eigenvalue weighted by atomic mass is 28.4. The molecule has 0 aromatic heterocycles. The molecule has 0 aliphatic carbocycles. The molecule has 1 aliphatic heterocycles. The Morgan fingerprint density at radius 2 is 2.07 bits per heavy atom. The number of unbranched alkanes of at least 4 members (excludes halogenated alkanes) is 3. The zero-order chi connectivity index (χ0) is 11.3. The molecule has 1 heterocycles. The smallest absolute Gasteiger partial charge is 0.251 e.